The summed E-state index contributed by atoms with van der Waals surface area (Å²) < 4.78 is 1.10. The predicted molar refractivity (Wildman–Crippen MR) is 69.7 cm³/mol. The van der Waals surface area contributed by atoms with Gasteiger partial charge < -0.3 is 10.4 Å². The van der Waals surface area contributed by atoms with Gasteiger partial charge in [-0.05, 0) is 34.0 Å². The van der Waals surface area contributed by atoms with Crippen LogP contribution < -0.4 is 5.32 Å². The summed E-state index contributed by atoms with van der Waals surface area (Å²) >= 11 is 5.06. The number of carbonyl (C=O) groups is 1. The molecule has 0 saturated carbocycles. The summed E-state index contributed by atoms with van der Waals surface area (Å²) in [7, 11) is 0. The lowest BCUT2D eigenvalue weighted by Crippen LogP contribution is -2.31. The smallest absolute Gasteiger partial charge is 0.308 e. The standard InChI is InChI=1S/C11H16BrNO2S/c1-7(2)9(11(14)15)6-13-5-8-3-4-10(12)16-8/h3-4,7,9,13H,5-6H2,1-2H3,(H,14,15). The van der Waals surface area contributed by atoms with E-state index in [0.717, 1.165) is 10.3 Å². The molecule has 0 saturated heterocycles. The van der Waals surface area contributed by atoms with E-state index in [2.05, 4.69) is 21.2 Å². The van der Waals surface area contributed by atoms with Gasteiger partial charge in [0.2, 0.25) is 0 Å². The molecule has 1 heterocycles. The first-order valence-corrected chi connectivity index (χ1v) is 6.79. The Morgan fingerprint density at radius 3 is 2.69 bits per heavy atom. The highest BCUT2D eigenvalue weighted by Crippen LogP contribution is 2.21. The highest BCUT2D eigenvalue weighted by atomic mass is 79.9. The summed E-state index contributed by atoms with van der Waals surface area (Å²) in [6.07, 6.45) is 0. The van der Waals surface area contributed by atoms with Crippen LogP contribution in [-0.4, -0.2) is 17.6 Å². The topological polar surface area (TPSA) is 49.3 Å². The molecule has 0 radical (unpaired) electrons. The summed E-state index contributed by atoms with van der Waals surface area (Å²) in [4.78, 5) is 12.2. The Bertz CT molecular complexity index is 352. The van der Waals surface area contributed by atoms with E-state index in [9.17, 15) is 4.79 Å². The lowest BCUT2D eigenvalue weighted by Gasteiger charge is -2.16. The van der Waals surface area contributed by atoms with Crippen molar-refractivity contribution in [2.45, 2.75) is 20.4 Å². The average Bonchev–Trinajstić information content (AvgIpc) is 2.57. The van der Waals surface area contributed by atoms with E-state index in [1.54, 1.807) is 11.3 Å². The lowest BCUT2D eigenvalue weighted by molar-refractivity contribution is -0.143. The molecule has 3 nitrogen and oxygen atoms in total. The van der Waals surface area contributed by atoms with Crippen LogP contribution in [0.25, 0.3) is 0 Å². The van der Waals surface area contributed by atoms with E-state index in [1.165, 1.54) is 4.88 Å². The summed E-state index contributed by atoms with van der Waals surface area (Å²) in [5.41, 5.74) is 0. The molecule has 0 aromatic carbocycles. The van der Waals surface area contributed by atoms with Crippen LogP contribution in [-0.2, 0) is 11.3 Å². The van der Waals surface area contributed by atoms with E-state index in [4.69, 9.17) is 5.11 Å². The summed E-state index contributed by atoms with van der Waals surface area (Å²) in [6.45, 7) is 5.11. The maximum atomic E-state index is 10.9. The zero-order chi connectivity index (χ0) is 12.1. The Hall–Kier alpha value is -0.390. The van der Waals surface area contributed by atoms with Crippen LogP contribution in [0.15, 0.2) is 15.9 Å². The summed E-state index contributed by atoms with van der Waals surface area (Å²) in [6, 6.07) is 4.03. The fourth-order valence-electron chi connectivity index (χ4n) is 1.41. The van der Waals surface area contributed by atoms with Gasteiger partial charge in [0.05, 0.1) is 9.70 Å². The third-order valence-electron chi connectivity index (χ3n) is 2.41. The zero-order valence-electron chi connectivity index (χ0n) is 9.37. The van der Waals surface area contributed by atoms with Crippen LogP contribution in [0.4, 0.5) is 0 Å². The van der Waals surface area contributed by atoms with Crippen molar-refractivity contribution in [2.24, 2.45) is 11.8 Å². The van der Waals surface area contributed by atoms with Gasteiger partial charge in [0.15, 0.2) is 0 Å². The van der Waals surface area contributed by atoms with E-state index >= 15 is 0 Å². The van der Waals surface area contributed by atoms with Gasteiger partial charge >= 0.3 is 5.97 Å². The number of hydrogen-bond donors (Lipinski definition) is 2. The predicted octanol–water partition coefficient (Wildman–Crippen LogP) is 2.96. The van der Waals surface area contributed by atoms with Crippen molar-refractivity contribution in [3.8, 4) is 0 Å². The van der Waals surface area contributed by atoms with Gasteiger partial charge in [-0.3, -0.25) is 4.79 Å². The Balaban J connectivity index is 2.36. The second-order valence-corrected chi connectivity index (χ2v) is 6.57. The fourth-order valence-corrected chi connectivity index (χ4v) is 2.86. The first-order valence-electron chi connectivity index (χ1n) is 5.18. The molecular weight excluding hydrogens is 290 g/mol. The molecule has 5 heteroatoms. The number of halogens is 1. The first kappa shape index (κ1) is 13.7. The second kappa shape index (κ2) is 6.37. The van der Waals surface area contributed by atoms with Crippen molar-refractivity contribution in [1.82, 2.24) is 5.32 Å². The minimum absolute atomic E-state index is 0.153. The summed E-state index contributed by atoms with van der Waals surface area (Å²) in [5, 5.41) is 12.2. The Morgan fingerprint density at radius 1 is 1.56 bits per heavy atom. The van der Waals surface area contributed by atoms with Crippen LogP contribution >= 0.6 is 27.3 Å². The highest BCUT2D eigenvalue weighted by molar-refractivity contribution is 9.11. The first-order chi connectivity index (χ1) is 7.50. The van der Waals surface area contributed by atoms with Crippen LogP contribution in [0.2, 0.25) is 0 Å². The van der Waals surface area contributed by atoms with Crippen molar-refractivity contribution < 1.29 is 9.90 Å². The molecule has 0 spiro atoms. The minimum Gasteiger partial charge on any atom is -0.481 e. The molecule has 1 aromatic heterocycles. The largest absolute Gasteiger partial charge is 0.481 e. The number of thiophene rings is 1. The van der Waals surface area contributed by atoms with Gasteiger partial charge in [-0.15, -0.1) is 11.3 Å². The van der Waals surface area contributed by atoms with Gasteiger partial charge in [0.1, 0.15) is 0 Å². The van der Waals surface area contributed by atoms with Crippen molar-refractivity contribution in [2.75, 3.05) is 6.54 Å². The van der Waals surface area contributed by atoms with Gasteiger partial charge in [0.25, 0.3) is 0 Å². The van der Waals surface area contributed by atoms with Crippen LogP contribution in [0.3, 0.4) is 0 Å². The Morgan fingerprint density at radius 2 is 2.25 bits per heavy atom. The number of hydrogen-bond acceptors (Lipinski definition) is 3. The van der Waals surface area contributed by atoms with Crippen LogP contribution in [0.5, 0.6) is 0 Å². The molecule has 90 valence electrons. The molecule has 1 rings (SSSR count). The average molecular weight is 306 g/mol. The zero-order valence-corrected chi connectivity index (χ0v) is 11.8. The molecule has 16 heavy (non-hydrogen) atoms. The van der Waals surface area contributed by atoms with E-state index in [1.807, 2.05) is 26.0 Å². The molecule has 0 aliphatic heterocycles. The molecule has 0 fully saturated rings. The molecule has 0 bridgehead atoms. The quantitative estimate of drug-likeness (QED) is 0.849. The maximum Gasteiger partial charge on any atom is 0.308 e. The second-order valence-electron chi connectivity index (χ2n) is 4.03. The minimum atomic E-state index is -0.727. The van der Waals surface area contributed by atoms with Crippen molar-refractivity contribution in [3.05, 3.63) is 20.8 Å². The van der Waals surface area contributed by atoms with Gasteiger partial charge in [0, 0.05) is 18.0 Å². The number of nitrogens with one attached hydrogen (secondary N) is 1. The third-order valence-corrected chi connectivity index (χ3v) is 4.04. The molecule has 0 aliphatic rings. The van der Waals surface area contributed by atoms with Crippen molar-refractivity contribution >= 4 is 33.2 Å². The molecule has 1 atom stereocenters. The van der Waals surface area contributed by atoms with E-state index in [-0.39, 0.29) is 11.8 Å². The van der Waals surface area contributed by atoms with Crippen molar-refractivity contribution in [3.63, 3.8) is 0 Å². The fraction of sp³-hybridized carbons (Fsp3) is 0.545. The maximum absolute atomic E-state index is 10.9. The monoisotopic (exact) mass is 305 g/mol. The Labute approximate surface area is 108 Å². The van der Waals surface area contributed by atoms with Crippen LogP contribution in [0, 0.1) is 11.8 Å². The highest BCUT2D eigenvalue weighted by Gasteiger charge is 2.20. The molecule has 0 amide bonds. The van der Waals surface area contributed by atoms with Gasteiger partial charge in [-0.1, -0.05) is 13.8 Å². The number of rotatable bonds is 6. The molecule has 2 N–H and O–H groups in total. The third kappa shape index (κ3) is 4.23. The summed E-state index contributed by atoms with van der Waals surface area (Å²) in [5.74, 6) is -0.890. The number of aliphatic carboxylic acids is 1. The molecule has 1 unspecified atom stereocenters. The molecular formula is C11H16BrNO2S. The van der Waals surface area contributed by atoms with Crippen LogP contribution in [0.1, 0.15) is 18.7 Å². The van der Waals surface area contributed by atoms with E-state index in [0.29, 0.717) is 6.54 Å². The Kier molecular flexibility index (Phi) is 5.44. The van der Waals surface area contributed by atoms with Gasteiger partial charge in [-0.25, -0.2) is 0 Å². The molecule has 1 aromatic rings. The van der Waals surface area contributed by atoms with Crippen molar-refractivity contribution in [1.29, 1.82) is 0 Å². The number of carboxylic acid groups (broad SMARTS) is 1. The number of carboxylic acids is 1. The SMILES string of the molecule is CC(C)C(CNCc1ccc(Br)s1)C(=O)O. The molecule has 0 aliphatic carbocycles. The lowest BCUT2D eigenvalue weighted by atomic mass is 9.96. The van der Waals surface area contributed by atoms with E-state index < -0.39 is 5.97 Å². The van der Waals surface area contributed by atoms with Gasteiger partial charge in [-0.2, -0.15) is 0 Å². The normalized spacial score (nSPS) is 13.0.